The summed E-state index contributed by atoms with van der Waals surface area (Å²) < 4.78 is 2.39. The van der Waals surface area contributed by atoms with Crippen LogP contribution in [0, 0.1) is 5.92 Å². The van der Waals surface area contributed by atoms with Crippen molar-refractivity contribution in [2.75, 3.05) is 0 Å². The van der Waals surface area contributed by atoms with Crippen LogP contribution in [0.15, 0.2) is 49.1 Å². The normalized spacial score (nSPS) is 13.4. The number of imidazole rings is 1. The van der Waals surface area contributed by atoms with Crippen molar-refractivity contribution in [2.24, 2.45) is 5.92 Å². The quantitative estimate of drug-likeness (QED) is 0.207. The molecule has 1 N–H and O–H groups in total. The molecule has 2 heteroatoms. The fourth-order valence-electron chi connectivity index (χ4n) is 4.55. The third-order valence-electron chi connectivity index (χ3n) is 6.36. The number of H-pyrrole nitrogens is 1. The van der Waals surface area contributed by atoms with E-state index in [1.807, 2.05) is 6.20 Å². The molecule has 2 rings (SSSR count). The second-order valence-corrected chi connectivity index (χ2v) is 8.97. The van der Waals surface area contributed by atoms with E-state index in [9.17, 15) is 0 Å². The van der Waals surface area contributed by atoms with Crippen LogP contribution in [0.25, 0.3) is 0 Å². The number of aromatic nitrogens is 2. The van der Waals surface area contributed by atoms with Crippen molar-refractivity contribution < 1.29 is 4.57 Å². The maximum atomic E-state index is 3.24. The van der Waals surface area contributed by atoms with Crippen LogP contribution in [-0.4, -0.2) is 4.98 Å². The summed E-state index contributed by atoms with van der Waals surface area (Å²) in [5, 5.41) is 0. The monoisotopic (exact) mass is 397 g/mol. The minimum atomic E-state index is 0.588. The van der Waals surface area contributed by atoms with Crippen molar-refractivity contribution in [1.29, 1.82) is 0 Å². The van der Waals surface area contributed by atoms with E-state index in [-0.39, 0.29) is 0 Å². The van der Waals surface area contributed by atoms with E-state index in [1.165, 1.54) is 89.0 Å². The Balaban J connectivity index is 1.60. The van der Waals surface area contributed by atoms with Gasteiger partial charge in [-0.1, -0.05) is 115 Å². The van der Waals surface area contributed by atoms with Crippen molar-refractivity contribution >= 4 is 0 Å². The van der Waals surface area contributed by atoms with Gasteiger partial charge in [-0.2, -0.15) is 0 Å². The maximum Gasteiger partial charge on any atom is 0.241 e. The topological polar surface area (TPSA) is 19.7 Å². The largest absolute Gasteiger partial charge is 0.250 e. The van der Waals surface area contributed by atoms with Crippen LogP contribution in [-0.2, 0) is 6.42 Å². The standard InChI is InChI=1S/C27H44N2/c1-3-4-5-6-7-8-9-10-11-12-13-17-20-27(29-22-21-28-24-29)25(2)23-26-18-15-14-16-19-26/h14-16,18-19,21-22,24-25,27H,3-13,17,20,23H2,1-2H3/p+1. The summed E-state index contributed by atoms with van der Waals surface area (Å²) in [4.78, 5) is 3.24. The van der Waals surface area contributed by atoms with Crippen molar-refractivity contribution in [3.63, 3.8) is 0 Å². The molecule has 2 nitrogen and oxygen atoms in total. The van der Waals surface area contributed by atoms with E-state index in [0.717, 1.165) is 6.42 Å². The summed E-state index contributed by atoms with van der Waals surface area (Å²) in [6, 6.07) is 11.5. The zero-order chi connectivity index (χ0) is 20.6. The fourth-order valence-corrected chi connectivity index (χ4v) is 4.55. The number of hydrogen-bond acceptors (Lipinski definition) is 0. The van der Waals surface area contributed by atoms with Crippen LogP contribution in [0.2, 0.25) is 0 Å². The van der Waals surface area contributed by atoms with E-state index >= 15 is 0 Å². The SMILES string of the molecule is CCCCCCCCCCCCCCC(C(C)Cc1ccccc1)[n+]1cc[nH]c1. The Hall–Kier alpha value is -1.57. The molecule has 29 heavy (non-hydrogen) atoms. The third-order valence-corrected chi connectivity index (χ3v) is 6.36. The molecule has 0 saturated heterocycles. The predicted octanol–water partition coefficient (Wildman–Crippen LogP) is 7.81. The smallest absolute Gasteiger partial charge is 0.241 e. The lowest BCUT2D eigenvalue weighted by Gasteiger charge is -2.21. The Morgan fingerprint density at radius 2 is 1.38 bits per heavy atom. The highest BCUT2D eigenvalue weighted by atomic mass is 15.1. The highest BCUT2D eigenvalue weighted by molar-refractivity contribution is 5.15. The number of unbranched alkanes of at least 4 members (excludes halogenated alkanes) is 11. The highest BCUT2D eigenvalue weighted by Gasteiger charge is 2.23. The average Bonchev–Trinajstić information content (AvgIpc) is 3.26. The third kappa shape index (κ3) is 10.1. The van der Waals surface area contributed by atoms with Gasteiger partial charge in [0.05, 0.1) is 0 Å². The van der Waals surface area contributed by atoms with Crippen LogP contribution < -0.4 is 4.57 Å². The average molecular weight is 398 g/mol. The van der Waals surface area contributed by atoms with Crippen LogP contribution in [0.1, 0.15) is 109 Å². The van der Waals surface area contributed by atoms with Gasteiger partial charge in [0.25, 0.3) is 0 Å². The number of nitrogens with one attached hydrogen (secondary N) is 1. The molecular weight excluding hydrogens is 352 g/mol. The van der Waals surface area contributed by atoms with Gasteiger partial charge >= 0.3 is 0 Å². The Kier molecular flexibility index (Phi) is 12.5. The molecule has 0 aliphatic carbocycles. The number of aromatic amines is 1. The number of rotatable bonds is 17. The number of hydrogen-bond donors (Lipinski definition) is 1. The predicted molar refractivity (Wildman–Crippen MR) is 125 cm³/mol. The van der Waals surface area contributed by atoms with Gasteiger partial charge in [0.2, 0.25) is 6.33 Å². The molecule has 2 unspecified atom stereocenters. The number of benzene rings is 1. The molecule has 162 valence electrons. The Labute approximate surface area is 180 Å². The molecule has 0 radical (unpaired) electrons. The van der Waals surface area contributed by atoms with Crippen molar-refractivity contribution in [3.05, 3.63) is 54.6 Å². The van der Waals surface area contributed by atoms with Gasteiger partial charge in [0, 0.05) is 5.92 Å². The van der Waals surface area contributed by atoms with Gasteiger partial charge < -0.3 is 0 Å². The van der Waals surface area contributed by atoms with Crippen molar-refractivity contribution in [1.82, 2.24) is 4.98 Å². The first kappa shape index (κ1) is 23.7. The summed E-state index contributed by atoms with van der Waals surface area (Å²) in [6.07, 6.45) is 25.9. The van der Waals surface area contributed by atoms with Crippen molar-refractivity contribution in [3.8, 4) is 0 Å². The lowest BCUT2D eigenvalue weighted by atomic mass is 9.90. The molecule has 0 aliphatic heterocycles. The first-order valence-corrected chi connectivity index (χ1v) is 12.4. The summed E-state index contributed by atoms with van der Waals surface area (Å²) in [5.74, 6) is 0.644. The lowest BCUT2D eigenvalue weighted by Crippen LogP contribution is -2.41. The first-order chi connectivity index (χ1) is 14.3. The molecular formula is C27H45N2+. The van der Waals surface area contributed by atoms with Gasteiger partial charge in [-0.3, -0.25) is 4.98 Å². The highest BCUT2D eigenvalue weighted by Crippen LogP contribution is 2.23. The molecule has 2 atom stereocenters. The minimum absolute atomic E-state index is 0.588. The number of nitrogens with zero attached hydrogens (tertiary/aromatic N) is 1. The summed E-state index contributed by atoms with van der Waals surface area (Å²) in [6.45, 7) is 4.71. The molecule has 0 spiro atoms. The zero-order valence-electron chi connectivity index (χ0n) is 19.1. The minimum Gasteiger partial charge on any atom is -0.250 e. The molecule has 1 aromatic heterocycles. The van der Waals surface area contributed by atoms with E-state index in [2.05, 4.69) is 66.3 Å². The molecule has 1 aromatic carbocycles. The second-order valence-electron chi connectivity index (χ2n) is 8.97. The van der Waals surface area contributed by atoms with Crippen LogP contribution in [0.5, 0.6) is 0 Å². The maximum absolute atomic E-state index is 3.24. The Morgan fingerprint density at radius 3 is 1.93 bits per heavy atom. The van der Waals surface area contributed by atoms with Gasteiger partial charge in [0.15, 0.2) is 0 Å². The summed E-state index contributed by atoms with van der Waals surface area (Å²) >= 11 is 0. The van der Waals surface area contributed by atoms with Gasteiger partial charge in [0.1, 0.15) is 18.4 Å². The first-order valence-electron chi connectivity index (χ1n) is 12.4. The molecule has 0 bridgehead atoms. The molecule has 1 heterocycles. The molecule has 0 saturated carbocycles. The molecule has 0 amide bonds. The Morgan fingerprint density at radius 1 is 0.793 bits per heavy atom. The van der Waals surface area contributed by atoms with Gasteiger partial charge in [-0.05, 0) is 24.8 Å². The molecule has 0 aliphatic rings. The molecule has 0 fully saturated rings. The van der Waals surface area contributed by atoms with Crippen LogP contribution in [0.3, 0.4) is 0 Å². The van der Waals surface area contributed by atoms with Crippen LogP contribution >= 0.6 is 0 Å². The Bertz CT molecular complexity index is 590. The summed E-state index contributed by atoms with van der Waals surface area (Å²) in [7, 11) is 0. The van der Waals surface area contributed by atoms with Gasteiger partial charge in [-0.25, -0.2) is 4.57 Å². The second kappa shape index (κ2) is 15.3. The lowest BCUT2D eigenvalue weighted by molar-refractivity contribution is -0.729. The van der Waals surface area contributed by atoms with E-state index in [1.54, 1.807) is 0 Å². The van der Waals surface area contributed by atoms with Crippen molar-refractivity contribution in [2.45, 2.75) is 110 Å². The van der Waals surface area contributed by atoms with Gasteiger partial charge in [-0.15, -0.1) is 0 Å². The van der Waals surface area contributed by atoms with E-state index in [0.29, 0.717) is 12.0 Å². The molecule has 2 aromatic rings. The van der Waals surface area contributed by atoms with Crippen LogP contribution in [0.4, 0.5) is 0 Å². The van der Waals surface area contributed by atoms with E-state index in [4.69, 9.17) is 0 Å². The van der Waals surface area contributed by atoms with E-state index < -0.39 is 0 Å². The zero-order valence-corrected chi connectivity index (χ0v) is 19.1. The summed E-state index contributed by atoms with van der Waals surface area (Å²) in [5.41, 5.74) is 1.45. The fraction of sp³-hybridized carbons (Fsp3) is 0.667.